The maximum atomic E-state index is 5.73. The number of fused-ring (bicyclic) bond motifs is 1. The topological polar surface area (TPSA) is 63.4 Å². The van der Waals surface area contributed by atoms with Gasteiger partial charge in [0, 0.05) is 30.7 Å². The molecule has 116 valence electrons. The monoisotopic (exact) mass is 300 g/mol. The summed E-state index contributed by atoms with van der Waals surface area (Å²) in [7, 11) is 0. The average molecular weight is 300 g/mol. The number of hydrogen-bond donors (Lipinski definition) is 1. The van der Waals surface area contributed by atoms with Gasteiger partial charge >= 0.3 is 6.01 Å². The molecular formula is C16H20N4O2. The van der Waals surface area contributed by atoms with Gasteiger partial charge in [-0.05, 0) is 13.3 Å². The molecule has 1 aromatic carbocycles. The zero-order chi connectivity index (χ0) is 14.9. The highest BCUT2D eigenvalue weighted by Crippen LogP contribution is 2.25. The molecule has 0 spiro atoms. The van der Waals surface area contributed by atoms with Gasteiger partial charge in [0.2, 0.25) is 5.82 Å². The first kappa shape index (κ1) is 13.7. The molecule has 2 saturated heterocycles. The summed E-state index contributed by atoms with van der Waals surface area (Å²) in [5.41, 5.74) is 0.963. The van der Waals surface area contributed by atoms with E-state index >= 15 is 0 Å². The summed E-state index contributed by atoms with van der Waals surface area (Å²) in [6, 6.07) is 11.2. The second kappa shape index (κ2) is 5.70. The van der Waals surface area contributed by atoms with Gasteiger partial charge in [-0.3, -0.25) is 4.90 Å². The van der Waals surface area contributed by atoms with Gasteiger partial charge in [0.1, 0.15) is 0 Å². The highest BCUT2D eigenvalue weighted by molar-refractivity contribution is 5.55. The molecule has 2 aliphatic rings. The van der Waals surface area contributed by atoms with E-state index in [1.807, 2.05) is 30.3 Å². The Kier molecular flexibility index (Phi) is 3.56. The van der Waals surface area contributed by atoms with Crippen molar-refractivity contribution in [2.24, 2.45) is 0 Å². The first-order valence-corrected chi connectivity index (χ1v) is 7.79. The quantitative estimate of drug-likeness (QED) is 0.935. The Balaban J connectivity index is 1.41. The standard InChI is InChI=1S/C16H20N4O2/c1-11-8-20-9-13(7-14(20)10-21-11)17-16-18-15(19-22-16)12-5-3-2-4-6-12/h2-6,11,13-14H,7-10H2,1H3,(H,17,18,19)/t11-,13+,14+/m1/s1. The van der Waals surface area contributed by atoms with E-state index in [4.69, 9.17) is 9.26 Å². The summed E-state index contributed by atoms with van der Waals surface area (Å²) < 4.78 is 11.1. The van der Waals surface area contributed by atoms with Crippen LogP contribution in [-0.4, -0.2) is 52.9 Å². The molecule has 0 amide bonds. The lowest BCUT2D eigenvalue weighted by atomic mass is 10.1. The van der Waals surface area contributed by atoms with Crippen molar-refractivity contribution in [1.82, 2.24) is 15.0 Å². The van der Waals surface area contributed by atoms with Gasteiger partial charge in [0.15, 0.2) is 0 Å². The third kappa shape index (κ3) is 2.71. The van der Waals surface area contributed by atoms with Crippen molar-refractivity contribution >= 4 is 6.01 Å². The molecule has 0 bridgehead atoms. The lowest BCUT2D eigenvalue weighted by Crippen LogP contribution is -2.45. The number of morpholine rings is 1. The van der Waals surface area contributed by atoms with Crippen LogP contribution in [0.5, 0.6) is 0 Å². The molecule has 0 radical (unpaired) electrons. The summed E-state index contributed by atoms with van der Waals surface area (Å²) in [5, 5.41) is 7.41. The SMILES string of the molecule is C[C@@H]1CN2C[C@@H](Nc3nc(-c4ccccc4)no3)C[C@H]2CO1. The normalized spacial score (nSPS) is 28.5. The highest BCUT2D eigenvalue weighted by atomic mass is 16.5. The summed E-state index contributed by atoms with van der Waals surface area (Å²) in [6.45, 7) is 4.95. The van der Waals surface area contributed by atoms with Crippen LogP contribution >= 0.6 is 0 Å². The van der Waals surface area contributed by atoms with Crippen molar-refractivity contribution in [3.8, 4) is 11.4 Å². The summed E-state index contributed by atoms with van der Waals surface area (Å²) in [6.07, 6.45) is 1.37. The largest absolute Gasteiger partial charge is 0.376 e. The third-order valence-corrected chi connectivity index (χ3v) is 4.38. The van der Waals surface area contributed by atoms with E-state index in [1.54, 1.807) is 0 Å². The van der Waals surface area contributed by atoms with E-state index in [9.17, 15) is 0 Å². The minimum absolute atomic E-state index is 0.322. The molecule has 3 atom stereocenters. The molecule has 1 aromatic heterocycles. The first-order chi connectivity index (χ1) is 10.8. The Bertz CT molecular complexity index is 630. The van der Waals surface area contributed by atoms with E-state index in [-0.39, 0.29) is 0 Å². The predicted octanol–water partition coefficient (Wildman–Crippen LogP) is 2.01. The molecule has 0 saturated carbocycles. The number of rotatable bonds is 3. The number of aromatic nitrogens is 2. The van der Waals surface area contributed by atoms with Crippen LogP contribution in [0.3, 0.4) is 0 Å². The van der Waals surface area contributed by atoms with Gasteiger partial charge in [-0.1, -0.05) is 35.5 Å². The van der Waals surface area contributed by atoms with Crippen molar-refractivity contribution in [1.29, 1.82) is 0 Å². The minimum Gasteiger partial charge on any atom is -0.376 e. The zero-order valence-corrected chi connectivity index (χ0v) is 12.6. The van der Waals surface area contributed by atoms with Gasteiger partial charge < -0.3 is 14.6 Å². The number of nitrogens with zero attached hydrogens (tertiary/aromatic N) is 3. The van der Waals surface area contributed by atoms with E-state index in [1.165, 1.54) is 0 Å². The lowest BCUT2D eigenvalue weighted by Gasteiger charge is -2.33. The Hall–Kier alpha value is -1.92. The second-order valence-corrected chi connectivity index (χ2v) is 6.12. The van der Waals surface area contributed by atoms with Crippen LogP contribution in [-0.2, 0) is 4.74 Å². The summed E-state index contributed by atoms with van der Waals surface area (Å²) in [4.78, 5) is 6.92. The number of hydrogen-bond acceptors (Lipinski definition) is 6. The van der Waals surface area contributed by atoms with Crippen molar-refractivity contribution in [3.63, 3.8) is 0 Å². The molecule has 6 nitrogen and oxygen atoms in total. The second-order valence-electron chi connectivity index (χ2n) is 6.12. The van der Waals surface area contributed by atoms with Crippen LogP contribution in [0.4, 0.5) is 6.01 Å². The Morgan fingerprint density at radius 3 is 2.95 bits per heavy atom. The number of anilines is 1. The molecule has 22 heavy (non-hydrogen) atoms. The summed E-state index contributed by atoms with van der Waals surface area (Å²) >= 11 is 0. The fourth-order valence-corrected chi connectivity index (χ4v) is 3.31. The Labute approximate surface area is 129 Å². The van der Waals surface area contributed by atoms with Crippen molar-refractivity contribution in [3.05, 3.63) is 30.3 Å². The molecule has 6 heteroatoms. The van der Waals surface area contributed by atoms with E-state index in [0.717, 1.165) is 31.7 Å². The molecule has 0 unspecified atom stereocenters. The van der Waals surface area contributed by atoms with Crippen LogP contribution < -0.4 is 5.32 Å². The molecule has 0 aliphatic carbocycles. The molecule has 2 aliphatic heterocycles. The van der Waals surface area contributed by atoms with Crippen LogP contribution in [0.2, 0.25) is 0 Å². The van der Waals surface area contributed by atoms with Crippen LogP contribution in [0, 0.1) is 0 Å². The van der Waals surface area contributed by atoms with E-state index in [2.05, 4.69) is 27.3 Å². The van der Waals surface area contributed by atoms with Crippen molar-refractivity contribution in [2.45, 2.75) is 31.5 Å². The summed E-state index contributed by atoms with van der Waals surface area (Å²) in [5.74, 6) is 0.621. The van der Waals surface area contributed by atoms with Gasteiger partial charge in [0.05, 0.1) is 12.7 Å². The van der Waals surface area contributed by atoms with Gasteiger partial charge in [-0.15, -0.1) is 0 Å². The average Bonchev–Trinajstić information content (AvgIpc) is 3.14. The Morgan fingerprint density at radius 1 is 1.23 bits per heavy atom. The molecule has 2 fully saturated rings. The molecular weight excluding hydrogens is 280 g/mol. The van der Waals surface area contributed by atoms with E-state index < -0.39 is 0 Å². The van der Waals surface area contributed by atoms with Crippen molar-refractivity contribution < 1.29 is 9.26 Å². The van der Waals surface area contributed by atoms with Gasteiger partial charge in [0.25, 0.3) is 0 Å². The number of nitrogens with one attached hydrogen (secondary N) is 1. The third-order valence-electron chi connectivity index (χ3n) is 4.38. The molecule has 4 rings (SSSR count). The highest BCUT2D eigenvalue weighted by Gasteiger charge is 2.36. The van der Waals surface area contributed by atoms with Crippen LogP contribution in [0.25, 0.3) is 11.4 Å². The lowest BCUT2D eigenvalue weighted by molar-refractivity contribution is -0.0390. The Morgan fingerprint density at radius 2 is 2.09 bits per heavy atom. The fourth-order valence-electron chi connectivity index (χ4n) is 3.31. The minimum atomic E-state index is 0.322. The smallest absolute Gasteiger partial charge is 0.322 e. The van der Waals surface area contributed by atoms with Gasteiger partial charge in [-0.25, -0.2) is 0 Å². The molecule has 1 N–H and O–H groups in total. The molecule has 2 aromatic rings. The predicted molar refractivity (Wildman–Crippen MR) is 82.5 cm³/mol. The molecule has 3 heterocycles. The van der Waals surface area contributed by atoms with Gasteiger partial charge in [-0.2, -0.15) is 4.98 Å². The zero-order valence-electron chi connectivity index (χ0n) is 12.6. The van der Waals surface area contributed by atoms with Crippen LogP contribution in [0.1, 0.15) is 13.3 Å². The van der Waals surface area contributed by atoms with Crippen LogP contribution in [0.15, 0.2) is 34.9 Å². The van der Waals surface area contributed by atoms with Crippen molar-refractivity contribution in [2.75, 3.05) is 25.0 Å². The fraction of sp³-hybridized carbons (Fsp3) is 0.500. The maximum absolute atomic E-state index is 5.73. The maximum Gasteiger partial charge on any atom is 0.322 e. The number of ether oxygens (including phenoxy) is 1. The first-order valence-electron chi connectivity index (χ1n) is 7.79. The van der Waals surface area contributed by atoms with E-state index in [0.29, 0.717) is 30.0 Å². The number of benzene rings is 1.